The van der Waals surface area contributed by atoms with Crippen molar-refractivity contribution >= 4 is 16.9 Å². The van der Waals surface area contributed by atoms with Gasteiger partial charge in [0.25, 0.3) is 0 Å². The standard InChI is InChI=1S/C16H19NO5/c1-10-8-16(20)22-14-9-12(2-4-13(10)14)21-11(6-7-18)3-5-15(17)19/h2,4,8-9,11,18H,3,5-7H2,1H3,(H2,17,19). The number of aliphatic hydroxyl groups is 1. The molecule has 0 aliphatic carbocycles. The average Bonchev–Trinajstić information content (AvgIpc) is 2.44. The van der Waals surface area contributed by atoms with Gasteiger partial charge < -0.3 is 20.0 Å². The molecule has 6 heteroatoms. The largest absolute Gasteiger partial charge is 0.490 e. The summed E-state index contributed by atoms with van der Waals surface area (Å²) in [6, 6.07) is 6.65. The monoisotopic (exact) mass is 305 g/mol. The second kappa shape index (κ2) is 7.09. The molecule has 1 unspecified atom stereocenters. The summed E-state index contributed by atoms with van der Waals surface area (Å²) in [5, 5.41) is 9.90. The van der Waals surface area contributed by atoms with Crippen LogP contribution in [0.5, 0.6) is 5.75 Å². The Labute approximate surface area is 127 Å². The number of hydrogen-bond acceptors (Lipinski definition) is 5. The van der Waals surface area contributed by atoms with Crippen LogP contribution >= 0.6 is 0 Å². The van der Waals surface area contributed by atoms with Gasteiger partial charge in [0.2, 0.25) is 5.91 Å². The molecule has 2 rings (SSSR count). The van der Waals surface area contributed by atoms with Crippen molar-refractivity contribution in [2.24, 2.45) is 5.73 Å². The molecule has 0 aliphatic heterocycles. The van der Waals surface area contributed by atoms with Crippen molar-refractivity contribution in [1.82, 2.24) is 0 Å². The van der Waals surface area contributed by atoms with Crippen molar-refractivity contribution in [3.63, 3.8) is 0 Å². The number of aryl methyl sites for hydroxylation is 1. The van der Waals surface area contributed by atoms with E-state index < -0.39 is 11.5 Å². The van der Waals surface area contributed by atoms with Gasteiger partial charge >= 0.3 is 5.63 Å². The van der Waals surface area contributed by atoms with Crippen LogP contribution in [0.3, 0.4) is 0 Å². The maximum atomic E-state index is 11.4. The van der Waals surface area contributed by atoms with E-state index >= 15 is 0 Å². The highest BCUT2D eigenvalue weighted by atomic mass is 16.5. The second-order valence-electron chi connectivity index (χ2n) is 5.16. The molecule has 3 N–H and O–H groups in total. The molecular weight excluding hydrogens is 286 g/mol. The van der Waals surface area contributed by atoms with Gasteiger partial charge in [-0.3, -0.25) is 4.79 Å². The van der Waals surface area contributed by atoms with Crippen molar-refractivity contribution in [3.05, 3.63) is 40.2 Å². The summed E-state index contributed by atoms with van der Waals surface area (Å²) in [4.78, 5) is 22.3. The lowest BCUT2D eigenvalue weighted by molar-refractivity contribution is -0.118. The Bertz CT molecular complexity index is 722. The van der Waals surface area contributed by atoms with Crippen molar-refractivity contribution in [3.8, 4) is 5.75 Å². The molecule has 1 amide bonds. The Morgan fingerprint density at radius 2 is 2.14 bits per heavy atom. The normalized spacial score (nSPS) is 12.3. The van der Waals surface area contributed by atoms with Crippen LogP contribution in [0.25, 0.3) is 11.0 Å². The number of amides is 1. The van der Waals surface area contributed by atoms with E-state index in [-0.39, 0.29) is 19.1 Å². The molecule has 0 saturated heterocycles. The lowest BCUT2D eigenvalue weighted by atomic mass is 10.1. The molecule has 1 atom stereocenters. The van der Waals surface area contributed by atoms with Crippen molar-refractivity contribution in [2.45, 2.75) is 32.3 Å². The number of carbonyl (C=O) groups excluding carboxylic acids is 1. The zero-order valence-corrected chi connectivity index (χ0v) is 12.4. The van der Waals surface area contributed by atoms with Crippen LogP contribution in [0.1, 0.15) is 24.8 Å². The lowest BCUT2D eigenvalue weighted by Crippen LogP contribution is -2.21. The molecule has 22 heavy (non-hydrogen) atoms. The molecule has 118 valence electrons. The smallest absolute Gasteiger partial charge is 0.336 e. The lowest BCUT2D eigenvalue weighted by Gasteiger charge is -2.18. The Morgan fingerprint density at radius 3 is 2.82 bits per heavy atom. The number of benzene rings is 1. The van der Waals surface area contributed by atoms with Gasteiger partial charge in [0, 0.05) is 37.0 Å². The van der Waals surface area contributed by atoms with Gasteiger partial charge in [-0.1, -0.05) is 0 Å². The van der Waals surface area contributed by atoms with Gasteiger partial charge in [0.15, 0.2) is 0 Å². The number of hydrogen-bond donors (Lipinski definition) is 2. The van der Waals surface area contributed by atoms with Crippen molar-refractivity contribution in [1.29, 1.82) is 0 Å². The molecule has 0 fully saturated rings. The van der Waals surface area contributed by atoms with Crippen molar-refractivity contribution < 1.29 is 19.1 Å². The molecule has 2 aromatic rings. The fraction of sp³-hybridized carbons (Fsp3) is 0.375. The number of aliphatic hydroxyl groups excluding tert-OH is 1. The first-order chi connectivity index (χ1) is 10.5. The summed E-state index contributed by atoms with van der Waals surface area (Å²) in [5.74, 6) is 0.107. The first-order valence-electron chi connectivity index (χ1n) is 7.10. The predicted molar refractivity (Wildman–Crippen MR) is 81.8 cm³/mol. The molecule has 1 heterocycles. The number of nitrogens with two attached hydrogens (primary N) is 1. The maximum Gasteiger partial charge on any atom is 0.336 e. The van der Waals surface area contributed by atoms with Gasteiger partial charge in [-0.2, -0.15) is 0 Å². The van der Waals surface area contributed by atoms with Crippen LogP contribution in [-0.2, 0) is 4.79 Å². The van der Waals surface area contributed by atoms with Gasteiger partial charge in [-0.15, -0.1) is 0 Å². The number of primary amides is 1. The van der Waals surface area contributed by atoms with Gasteiger partial charge in [-0.25, -0.2) is 4.79 Å². The zero-order valence-electron chi connectivity index (χ0n) is 12.4. The van der Waals surface area contributed by atoms with Gasteiger partial charge in [0.05, 0.1) is 0 Å². The first kappa shape index (κ1) is 16.0. The Hall–Kier alpha value is -2.34. The van der Waals surface area contributed by atoms with E-state index in [9.17, 15) is 9.59 Å². The van der Waals surface area contributed by atoms with E-state index in [4.69, 9.17) is 20.0 Å². The van der Waals surface area contributed by atoms with Crippen LogP contribution in [0, 0.1) is 6.92 Å². The number of ether oxygens (including phenoxy) is 1. The van der Waals surface area contributed by atoms with Crippen LogP contribution in [0.15, 0.2) is 33.5 Å². The van der Waals surface area contributed by atoms with Crippen LogP contribution in [-0.4, -0.2) is 23.7 Å². The van der Waals surface area contributed by atoms with Crippen LogP contribution in [0.2, 0.25) is 0 Å². The minimum absolute atomic E-state index is 0.0504. The third-order valence-corrected chi connectivity index (χ3v) is 3.39. The molecule has 0 radical (unpaired) electrons. The number of carbonyl (C=O) groups is 1. The minimum Gasteiger partial charge on any atom is -0.490 e. The Morgan fingerprint density at radius 1 is 1.36 bits per heavy atom. The van der Waals surface area contributed by atoms with E-state index in [0.29, 0.717) is 24.2 Å². The number of rotatable bonds is 7. The summed E-state index contributed by atoms with van der Waals surface area (Å²) < 4.78 is 10.9. The van der Waals surface area contributed by atoms with E-state index in [1.165, 1.54) is 6.07 Å². The third-order valence-electron chi connectivity index (χ3n) is 3.39. The van der Waals surface area contributed by atoms with E-state index in [0.717, 1.165) is 10.9 Å². The average molecular weight is 305 g/mol. The van der Waals surface area contributed by atoms with Crippen LogP contribution < -0.4 is 16.1 Å². The zero-order chi connectivity index (χ0) is 16.1. The second-order valence-corrected chi connectivity index (χ2v) is 5.16. The number of fused-ring (bicyclic) bond motifs is 1. The molecular formula is C16H19NO5. The fourth-order valence-corrected chi connectivity index (χ4v) is 2.28. The third kappa shape index (κ3) is 4.08. The summed E-state index contributed by atoms with van der Waals surface area (Å²) in [6.07, 6.45) is 0.674. The quantitative estimate of drug-likeness (QED) is 0.754. The topological polar surface area (TPSA) is 103 Å². The highest BCUT2D eigenvalue weighted by Gasteiger charge is 2.13. The molecule has 6 nitrogen and oxygen atoms in total. The van der Waals surface area contributed by atoms with Gasteiger partial charge in [-0.05, 0) is 31.0 Å². The summed E-state index contributed by atoms with van der Waals surface area (Å²) in [5.41, 5.74) is 5.99. The molecule has 0 bridgehead atoms. The first-order valence-corrected chi connectivity index (χ1v) is 7.10. The molecule has 0 aliphatic rings. The summed E-state index contributed by atoms with van der Waals surface area (Å²) >= 11 is 0. The molecule has 0 saturated carbocycles. The maximum absolute atomic E-state index is 11.4. The highest BCUT2D eigenvalue weighted by Crippen LogP contribution is 2.24. The SMILES string of the molecule is Cc1cc(=O)oc2cc(OC(CCO)CCC(N)=O)ccc12. The molecule has 0 spiro atoms. The van der Waals surface area contributed by atoms with Gasteiger partial charge in [0.1, 0.15) is 17.4 Å². The Kier molecular flexibility index (Phi) is 5.16. The summed E-state index contributed by atoms with van der Waals surface area (Å²) in [7, 11) is 0. The van der Waals surface area contributed by atoms with E-state index in [2.05, 4.69) is 0 Å². The Balaban J connectivity index is 2.21. The minimum atomic E-state index is -0.414. The van der Waals surface area contributed by atoms with Crippen LogP contribution in [0.4, 0.5) is 0 Å². The van der Waals surface area contributed by atoms with E-state index in [1.54, 1.807) is 12.1 Å². The molecule has 1 aromatic carbocycles. The van der Waals surface area contributed by atoms with Crippen molar-refractivity contribution in [2.75, 3.05) is 6.61 Å². The fourth-order valence-electron chi connectivity index (χ4n) is 2.28. The highest BCUT2D eigenvalue weighted by molar-refractivity contribution is 5.81. The predicted octanol–water partition coefficient (Wildman–Crippen LogP) is 1.50. The summed E-state index contributed by atoms with van der Waals surface area (Å²) in [6.45, 7) is 1.78. The molecule has 1 aromatic heterocycles. The van der Waals surface area contributed by atoms with E-state index in [1.807, 2.05) is 13.0 Å².